The highest BCUT2D eigenvalue weighted by Crippen LogP contribution is 2.22. The summed E-state index contributed by atoms with van der Waals surface area (Å²) in [5.41, 5.74) is 2.30. The number of ether oxygens (including phenoxy) is 1. The van der Waals surface area contributed by atoms with Gasteiger partial charge in [-0.2, -0.15) is 0 Å². The first-order valence-corrected chi connectivity index (χ1v) is 13.4. The van der Waals surface area contributed by atoms with Gasteiger partial charge in [0.25, 0.3) is 5.91 Å². The van der Waals surface area contributed by atoms with Crippen molar-refractivity contribution in [2.45, 2.75) is 26.2 Å². The van der Waals surface area contributed by atoms with Crippen LogP contribution in [-0.4, -0.2) is 78.2 Å². The SMILES string of the molecule is CCCCN(CC(=O)N1CCCN(c2ccc(-c3ccc(OC)cc3)nn2)CC1)C(=O)c1ccc(Cl)cc1. The summed E-state index contributed by atoms with van der Waals surface area (Å²) in [4.78, 5) is 32.1. The van der Waals surface area contributed by atoms with Crippen molar-refractivity contribution in [2.24, 2.45) is 0 Å². The highest BCUT2D eigenvalue weighted by Gasteiger charge is 2.24. The molecular weight excluding hydrogens is 502 g/mol. The van der Waals surface area contributed by atoms with Crippen molar-refractivity contribution in [2.75, 3.05) is 51.3 Å². The normalized spacial score (nSPS) is 13.7. The van der Waals surface area contributed by atoms with E-state index in [-0.39, 0.29) is 18.4 Å². The van der Waals surface area contributed by atoms with Gasteiger partial charge in [-0.25, -0.2) is 0 Å². The summed E-state index contributed by atoms with van der Waals surface area (Å²) in [6, 6.07) is 18.5. The third-order valence-corrected chi connectivity index (χ3v) is 6.95. The number of benzene rings is 2. The minimum atomic E-state index is -0.146. The zero-order valence-electron chi connectivity index (χ0n) is 22.0. The standard InChI is InChI=1S/C29H34ClN5O3/c1-3-4-16-35(29(37)23-6-10-24(30)11-7-23)21-28(36)34-18-5-17-33(19-20-34)27-15-14-26(31-32-27)22-8-12-25(38-2)13-9-22/h6-15H,3-5,16-21H2,1-2H3. The lowest BCUT2D eigenvalue weighted by molar-refractivity contribution is -0.131. The topological polar surface area (TPSA) is 78.9 Å². The van der Waals surface area contributed by atoms with Crippen molar-refractivity contribution in [3.8, 4) is 17.0 Å². The van der Waals surface area contributed by atoms with Crippen LogP contribution < -0.4 is 9.64 Å². The number of hydrogen-bond acceptors (Lipinski definition) is 6. The maximum absolute atomic E-state index is 13.3. The van der Waals surface area contributed by atoms with Crippen LogP contribution in [0.25, 0.3) is 11.3 Å². The minimum Gasteiger partial charge on any atom is -0.497 e. The second-order valence-electron chi connectivity index (χ2n) is 9.31. The maximum Gasteiger partial charge on any atom is 0.254 e. The third-order valence-electron chi connectivity index (χ3n) is 6.69. The summed E-state index contributed by atoms with van der Waals surface area (Å²) >= 11 is 5.98. The Kier molecular flexibility index (Phi) is 9.54. The van der Waals surface area contributed by atoms with Crippen LogP contribution in [0.15, 0.2) is 60.7 Å². The summed E-state index contributed by atoms with van der Waals surface area (Å²) in [5.74, 6) is 1.40. The summed E-state index contributed by atoms with van der Waals surface area (Å²) in [6.45, 7) is 5.33. The lowest BCUT2D eigenvalue weighted by atomic mass is 10.1. The molecule has 1 aliphatic rings. The van der Waals surface area contributed by atoms with Gasteiger partial charge < -0.3 is 19.4 Å². The number of methoxy groups -OCH3 is 1. The molecule has 1 saturated heterocycles. The molecule has 2 amide bonds. The average Bonchev–Trinajstić information content (AvgIpc) is 3.22. The van der Waals surface area contributed by atoms with Gasteiger partial charge in [0.15, 0.2) is 5.82 Å². The molecule has 3 aromatic rings. The van der Waals surface area contributed by atoms with Gasteiger partial charge in [0.05, 0.1) is 12.8 Å². The quantitative estimate of drug-likeness (QED) is 0.392. The van der Waals surface area contributed by atoms with Gasteiger partial charge in [-0.05, 0) is 73.5 Å². The predicted octanol–water partition coefficient (Wildman–Crippen LogP) is 4.79. The second-order valence-corrected chi connectivity index (χ2v) is 9.75. The van der Waals surface area contributed by atoms with Crippen molar-refractivity contribution in [1.82, 2.24) is 20.0 Å². The van der Waals surface area contributed by atoms with E-state index in [4.69, 9.17) is 16.3 Å². The fourth-order valence-electron chi connectivity index (χ4n) is 4.45. The first-order valence-electron chi connectivity index (χ1n) is 13.0. The first-order chi connectivity index (χ1) is 18.5. The Morgan fingerprint density at radius 1 is 0.947 bits per heavy atom. The Morgan fingerprint density at radius 2 is 1.71 bits per heavy atom. The molecule has 0 saturated carbocycles. The van der Waals surface area contributed by atoms with Crippen LogP contribution in [0.1, 0.15) is 36.5 Å². The van der Waals surface area contributed by atoms with Crippen LogP contribution in [-0.2, 0) is 4.79 Å². The summed E-state index contributed by atoms with van der Waals surface area (Å²) in [5, 5.41) is 9.45. The molecule has 1 aliphatic heterocycles. The number of halogens is 1. The van der Waals surface area contributed by atoms with E-state index in [1.54, 1.807) is 36.3 Å². The van der Waals surface area contributed by atoms with Crippen molar-refractivity contribution < 1.29 is 14.3 Å². The highest BCUT2D eigenvalue weighted by atomic mass is 35.5. The van der Waals surface area contributed by atoms with Crippen LogP contribution in [0.5, 0.6) is 5.75 Å². The van der Waals surface area contributed by atoms with Crippen LogP contribution >= 0.6 is 11.6 Å². The van der Waals surface area contributed by atoms with E-state index in [2.05, 4.69) is 22.0 Å². The average molecular weight is 536 g/mol. The van der Waals surface area contributed by atoms with Gasteiger partial charge in [0.2, 0.25) is 5.91 Å². The van der Waals surface area contributed by atoms with Gasteiger partial charge in [0.1, 0.15) is 12.3 Å². The van der Waals surface area contributed by atoms with Crippen LogP contribution in [0.4, 0.5) is 5.82 Å². The zero-order chi connectivity index (χ0) is 26.9. The van der Waals surface area contributed by atoms with E-state index in [1.807, 2.05) is 41.3 Å². The Balaban J connectivity index is 1.36. The van der Waals surface area contributed by atoms with Crippen LogP contribution in [0.3, 0.4) is 0 Å². The van der Waals surface area contributed by atoms with Gasteiger partial charge in [-0.15, -0.1) is 10.2 Å². The molecule has 1 fully saturated rings. The number of carbonyl (C=O) groups is 2. The highest BCUT2D eigenvalue weighted by molar-refractivity contribution is 6.30. The molecule has 0 aliphatic carbocycles. The monoisotopic (exact) mass is 535 g/mol. The fourth-order valence-corrected chi connectivity index (χ4v) is 4.57. The number of anilines is 1. The molecule has 0 atom stereocenters. The van der Waals surface area contributed by atoms with E-state index >= 15 is 0 Å². The molecule has 4 rings (SSSR count). The number of hydrogen-bond donors (Lipinski definition) is 0. The number of carbonyl (C=O) groups excluding carboxylic acids is 2. The van der Waals surface area contributed by atoms with Crippen molar-refractivity contribution in [3.63, 3.8) is 0 Å². The van der Waals surface area contributed by atoms with Crippen molar-refractivity contribution in [3.05, 3.63) is 71.2 Å². The van der Waals surface area contributed by atoms with E-state index in [1.165, 1.54) is 0 Å². The number of aromatic nitrogens is 2. The Bertz CT molecular complexity index is 1200. The van der Waals surface area contributed by atoms with Crippen LogP contribution in [0, 0.1) is 0 Å². The molecule has 9 heteroatoms. The van der Waals surface area contributed by atoms with Crippen molar-refractivity contribution >= 4 is 29.2 Å². The lowest BCUT2D eigenvalue weighted by Crippen LogP contribution is -2.44. The molecule has 1 aromatic heterocycles. The smallest absolute Gasteiger partial charge is 0.254 e. The zero-order valence-corrected chi connectivity index (χ0v) is 22.7. The van der Waals surface area contributed by atoms with Gasteiger partial charge in [-0.3, -0.25) is 9.59 Å². The minimum absolute atomic E-state index is 0.0359. The van der Waals surface area contributed by atoms with E-state index in [0.717, 1.165) is 48.6 Å². The van der Waals surface area contributed by atoms with E-state index in [9.17, 15) is 9.59 Å². The van der Waals surface area contributed by atoms with E-state index in [0.29, 0.717) is 36.8 Å². The van der Waals surface area contributed by atoms with Crippen molar-refractivity contribution in [1.29, 1.82) is 0 Å². The lowest BCUT2D eigenvalue weighted by Gasteiger charge is -2.27. The fraction of sp³-hybridized carbons (Fsp3) is 0.379. The van der Waals surface area contributed by atoms with E-state index < -0.39 is 0 Å². The number of unbranched alkanes of at least 4 members (excludes halogenated alkanes) is 1. The molecule has 200 valence electrons. The third kappa shape index (κ3) is 7.01. The molecule has 2 aromatic carbocycles. The van der Waals surface area contributed by atoms with Gasteiger partial charge in [-0.1, -0.05) is 24.9 Å². The Labute approximate surface area is 229 Å². The van der Waals surface area contributed by atoms with Gasteiger partial charge >= 0.3 is 0 Å². The molecule has 0 spiro atoms. The molecule has 0 N–H and O–H groups in total. The number of rotatable bonds is 9. The Morgan fingerprint density at radius 3 is 2.37 bits per heavy atom. The first kappa shape index (κ1) is 27.4. The summed E-state index contributed by atoms with van der Waals surface area (Å²) in [6.07, 6.45) is 2.59. The Hall–Kier alpha value is -3.65. The molecule has 8 nitrogen and oxygen atoms in total. The molecule has 0 radical (unpaired) electrons. The molecule has 0 unspecified atom stereocenters. The predicted molar refractivity (Wildman–Crippen MR) is 150 cm³/mol. The van der Waals surface area contributed by atoms with Crippen LogP contribution in [0.2, 0.25) is 5.02 Å². The molecule has 2 heterocycles. The molecule has 0 bridgehead atoms. The number of nitrogens with zero attached hydrogens (tertiary/aromatic N) is 5. The largest absolute Gasteiger partial charge is 0.497 e. The summed E-state index contributed by atoms with van der Waals surface area (Å²) < 4.78 is 5.22. The van der Waals surface area contributed by atoms with Gasteiger partial charge in [0, 0.05) is 48.9 Å². The molecular formula is C29H34ClN5O3. The second kappa shape index (κ2) is 13.2. The number of amides is 2. The summed E-state index contributed by atoms with van der Waals surface area (Å²) in [7, 11) is 1.64. The molecule has 38 heavy (non-hydrogen) atoms. The maximum atomic E-state index is 13.3.